The molecule has 1 rings (SSSR count). The van der Waals surface area contributed by atoms with Crippen molar-refractivity contribution in [3.8, 4) is 11.0 Å². The summed E-state index contributed by atoms with van der Waals surface area (Å²) in [7, 11) is 0. The van der Waals surface area contributed by atoms with Gasteiger partial charge in [0.15, 0.2) is 0 Å². The minimum absolute atomic E-state index is 0.709. The molecule has 64 valence electrons. The molecule has 0 bridgehead atoms. The van der Waals surface area contributed by atoms with Crippen molar-refractivity contribution in [2.45, 2.75) is 26.2 Å². The van der Waals surface area contributed by atoms with Gasteiger partial charge in [-0.05, 0) is 17.9 Å². The van der Waals surface area contributed by atoms with Gasteiger partial charge in [0.2, 0.25) is 0 Å². The van der Waals surface area contributed by atoms with Crippen LogP contribution in [0.1, 0.15) is 31.7 Å². The van der Waals surface area contributed by atoms with Crippen molar-refractivity contribution >= 4 is 17.7 Å². The van der Waals surface area contributed by atoms with Gasteiger partial charge in [-0.25, -0.2) is 0 Å². The van der Waals surface area contributed by atoms with Crippen LogP contribution in [0, 0.1) is 11.0 Å². The van der Waals surface area contributed by atoms with E-state index in [0.717, 1.165) is 0 Å². The topological polar surface area (TPSA) is 0 Å². The Morgan fingerprint density at radius 3 is 2.23 bits per heavy atom. The average molecular weight is 166 g/mol. The summed E-state index contributed by atoms with van der Waals surface area (Å²) in [4.78, 5) is 0. The predicted octanol–water partition coefficient (Wildman–Crippen LogP) is 2.95. The summed E-state index contributed by atoms with van der Waals surface area (Å²) in [5.41, 5.74) is 1.45. The van der Waals surface area contributed by atoms with Crippen LogP contribution < -0.4 is 0 Å². The second kappa shape index (κ2) is 8.00. The summed E-state index contributed by atoms with van der Waals surface area (Å²) in [6, 6.07) is 10.6. The van der Waals surface area contributed by atoms with E-state index in [1.807, 2.05) is 0 Å². The SMILES string of the molecule is CCC(C)c1ccccc1.[Li][C]#C. The fourth-order valence-corrected chi connectivity index (χ4v) is 1.02. The van der Waals surface area contributed by atoms with E-state index in [1.54, 1.807) is 17.7 Å². The van der Waals surface area contributed by atoms with Crippen LogP contribution in [0.15, 0.2) is 30.3 Å². The molecule has 0 saturated carbocycles. The summed E-state index contributed by atoms with van der Waals surface area (Å²) in [6.07, 6.45) is 5.82. The normalized spacial score (nSPS) is 10.7. The van der Waals surface area contributed by atoms with Crippen molar-refractivity contribution < 1.29 is 0 Å². The van der Waals surface area contributed by atoms with Gasteiger partial charge in [0.25, 0.3) is 0 Å². The molecule has 0 saturated heterocycles. The van der Waals surface area contributed by atoms with Gasteiger partial charge < -0.3 is 0 Å². The monoisotopic (exact) mass is 166 g/mol. The van der Waals surface area contributed by atoms with Crippen LogP contribution in [0.25, 0.3) is 0 Å². The molecular formula is C12H15Li. The predicted molar refractivity (Wildman–Crippen MR) is 59.7 cm³/mol. The van der Waals surface area contributed by atoms with Crippen molar-refractivity contribution in [1.29, 1.82) is 0 Å². The second-order valence-corrected chi connectivity index (χ2v) is 3.01. The van der Waals surface area contributed by atoms with Gasteiger partial charge in [0.1, 0.15) is 0 Å². The first-order valence-electron chi connectivity index (χ1n) is 4.68. The molecule has 0 amide bonds. The molecule has 1 aromatic rings. The number of rotatable bonds is 2. The molecule has 0 heterocycles. The van der Waals surface area contributed by atoms with E-state index >= 15 is 0 Å². The van der Waals surface area contributed by atoms with Crippen LogP contribution in [0.5, 0.6) is 0 Å². The summed E-state index contributed by atoms with van der Waals surface area (Å²) in [5, 5.41) is 0. The Hall–Kier alpha value is -0.623. The van der Waals surface area contributed by atoms with E-state index in [1.165, 1.54) is 12.0 Å². The third-order valence-corrected chi connectivity index (χ3v) is 1.98. The van der Waals surface area contributed by atoms with Gasteiger partial charge in [0, 0.05) is 0 Å². The van der Waals surface area contributed by atoms with E-state index < -0.39 is 0 Å². The Balaban J connectivity index is 0.000000424. The van der Waals surface area contributed by atoms with E-state index in [0.29, 0.717) is 5.92 Å². The Morgan fingerprint density at radius 2 is 1.85 bits per heavy atom. The molecule has 1 atom stereocenters. The van der Waals surface area contributed by atoms with Crippen LogP contribution >= 0.6 is 0 Å². The van der Waals surface area contributed by atoms with Crippen molar-refractivity contribution in [2.24, 2.45) is 0 Å². The van der Waals surface area contributed by atoms with Gasteiger partial charge in [-0.1, -0.05) is 44.2 Å². The molecular weight excluding hydrogens is 151 g/mol. The summed E-state index contributed by atoms with van der Waals surface area (Å²) >= 11 is 1.65. The number of terminal acetylenes is 1. The zero-order valence-corrected chi connectivity index (χ0v) is 8.75. The van der Waals surface area contributed by atoms with Gasteiger partial charge in [-0.15, -0.1) is 0 Å². The molecule has 0 N–H and O–H groups in total. The number of hydrogen-bond donors (Lipinski definition) is 0. The first-order chi connectivity index (χ1) is 6.26. The summed E-state index contributed by atoms with van der Waals surface area (Å²) in [6.45, 7) is 4.48. The van der Waals surface area contributed by atoms with Gasteiger partial charge >= 0.3 is 28.7 Å². The Morgan fingerprint density at radius 1 is 1.38 bits per heavy atom. The van der Waals surface area contributed by atoms with Crippen LogP contribution in [0.4, 0.5) is 0 Å². The van der Waals surface area contributed by atoms with E-state index in [-0.39, 0.29) is 0 Å². The standard InChI is InChI=1S/C10H14.C2H.Li/c1-3-9(2)10-7-5-4-6-8-10;1-2;/h4-9H,3H2,1-2H3;1H;. The molecule has 0 radical (unpaired) electrons. The van der Waals surface area contributed by atoms with Crippen molar-refractivity contribution in [2.75, 3.05) is 0 Å². The van der Waals surface area contributed by atoms with E-state index in [4.69, 9.17) is 0 Å². The molecule has 13 heavy (non-hydrogen) atoms. The van der Waals surface area contributed by atoms with Crippen molar-refractivity contribution in [1.82, 2.24) is 0 Å². The van der Waals surface area contributed by atoms with Crippen molar-refractivity contribution in [3.05, 3.63) is 35.9 Å². The summed E-state index contributed by atoms with van der Waals surface area (Å²) < 4.78 is 2.25. The zero-order chi connectivity index (χ0) is 10.1. The Labute approximate surface area is 90.9 Å². The quantitative estimate of drug-likeness (QED) is 0.468. The third kappa shape index (κ3) is 5.59. The minimum atomic E-state index is 0.709. The first-order valence-corrected chi connectivity index (χ1v) is 4.68. The third-order valence-electron chi connectivity index (χ3n) is 1.98. The molecule has 0 aliphatic heterocycles. The molecule has 0 nitrogen and oxygen atoms in total. The van der Waals surface area contributed by atoms with Gasteiger partial charge in [-0.2, -0.15) is 0 Å². The van der Waals surface area contributed by atoms with Crippen LogP contribution in [-0.4, -0.2) is 17.7 Å². The van der Waals surface area contributed by atoms with Gasteiger partial charge in [0.05, 0.1) is 0 Å². The molecule has 0 aliphatic carbocycles. The molecule has 0 spiro atoms. The van der Waals surface area contributed by atoms with E-state index in [2.05, 4.69) is 55.2 Å². The fourth-order valence-electron chi connectivity index (χ4n) is 1.02. The molecule has 0 fully saturated rings. The average Bonchev–Trinajstić information content (AvgIpc) is 2.19. The van der Waals surface area contributed by atoms with Crippen LogP contribution in [0.2, 0.25) is 0 Å². The maximum atomic E-state index is 4.60. The Bertz CT molecular complexity index is 246. The van der Waals surface area contributed by atoms with Gasteiger partial charge in [-0.3, -0.25) is 0 Å². The fraction of sp³-hybridized carbons (Fsp3) is 0.333. The summed E-state index contributed by atoms with van der Waals surface area (Å²) in [5.74, 6) is 0.709. The van der Waals surface area contributed by atoms with E-state index in [9.17, 15) is 0 Å². The van der Waals surface area contributed by atoms with Crippen LogP contribution in [0.3, 0.4) is 0 Å². The molecule has 1 unspecified atom stereocenters. The Kier molecular flexibility index (Phi) is 7.61. The molecule has 1 aromatic carbocycles. The number of benzene rings is 1. The first kappa shape index (κ1) is 12.4. The molecule has 0 aromatic heterocycles. The molecule has 0 aliphatic rings. The zero-order valence-electron chi connectivity index (χ0n) is 8.75. The molecule has 1 heteroatoms. The second-order valence-electron chi connectivity index (χ2n) is 3.01. The van der Waals surface area contributed by atoms with Crippen LogP contribution in [-0.2, 0) is 0 Å². The van der Waals surface area contributed by atoms with Crippen molar-refractivity contribution in [3.63, 3.8) is 0 Å². The number of hydrogen-bond acceptors (Lipinski definition) is 0. The maximum absolute atomic E-state index is 4.60.